The number of anilines is 1. The molecule has 7 nitrogen and oxygen atoms in total. The number of sulfonamides is 1. The predicted molar refractivity (Wildman–Crippen MR) is 138 cm³/mol. The number of benzene rings is 2. The largest absolute Gasteiger partial charge is 0.416 e. The summed E-state index contributed by atoms with van der Waals surface area (Å²) in [6.45, 7) is 6.09. The molecular formula is C25H31ClF3N3O4S. The first-order chi connectivity index (χ1) is 16.9. The Morgan fingerprint density at radius 2 is 1.68 bits per heavy atom. The molecule has 0 bridgehead atoms. The molecule has 0 saturated carbocycles. The molecule has 2 aromatic carbocycles. The van der Waals surface area contributed by atoms with Crippen molar-refractivity contribution in [1.82, 2.24) is 10.2 Å². The van der Waals surface area contributed by atoms with E-state index >= 15 is 0 Å². The fraction of sp³-hybridized carbons (Fsp3) is 0.440. The van der Waals surface area contributed by atoms with Crippen LogP contribution < -0.4 is 9.62 Å². The predicted octanol–water partition coefficient (Wildman–Crippen LogP) is 4.85. The van der Waals surface area contributed by atoms with Crippen molar-refractivity contribution >= 4 is 39.1 Å². The lowest BCUT2D eigenvalue weighted by molar-refractivity contribution is -0.141. The zero-order valence-electron chi connectivity index (χ0n) is 21.3. The highest BCUT2D eigenvalue weighted by atomic mass is 35.5. The highest BCUT2D eigenvalue weighted by Gasteiger charge is 2.35. The first-order valence-electron chi connectivity index (χ1n) is 11.4. The van der Waals surface area contributed by atoms with Gasteiger partial charge in [-0.05, 0) is 57.0 Å². The number of nitrogens with zero attached hydrogens (tertiary/aromatic N) is 2. The van der Waals surface area contributed by atoms with E-state index in [4.69, 9.17) is 11.6 Å². The van der Waals surface area contributed by atoms with Gasteiger partial charge >= 0.3 is 6.18 Å². The van der Waals surface area contributed by atoms with Gasteiger partial charge < -0.3 is 10.2 Å². The van der Waals surface area contributed by atoms with Crippen LogP contribution in [-0.4, -0.2) is 49.5 Å². The summed E-state index contributed by atoms with van der Waals surface area (Å²) in [4.78, 5) is 27.9. The third-order valence-corrected chi connectivity index (χ3v) is 6.83. The quantitative estimate of drug-likeness (QED) is 0.474. The number of amides is 2. The molecule has 0 aliphatic rings. The summed E-state index contributed by atoms with van der Waals surface area (Å²) in [5.74, 6) is -1.24. The van der Waals surface area contributed by atoms with E-state index < -0.39 is 51.7 Å². The Morgan fingerprint density at radius 1 is 1.05 bits per heavy atom. The first kappa shape index (κ1) is 30.4. The molecule has 1 atom stereocenters. The molecule has 0 unspecified atom stereocenters. The lowest BCUT2D eigenvalue weighted by Crippen LogP contribution is -2.55. The average Bonchev–Trinajstić information content (AvgIpc) is 2.76. The number of nitrogens with one attached hydrogen (secondary N) is 1. The normalized spacial score (nSPS) is 13.1. The molecule has 0 fully saturated rings. The van der Waals surface area contributed by atoms with E-state index in [-0.39, 0.29) is 18.7 Å². The van der Waals surface area contributed by atoms with Crippen LogP contribution in [0.4, 0.5) is 18.9 Å². The standard InChI is InChI=1S/C25H31ClF3N3O4S/c1-6-21(23(34)30-24(2,3)4)31(15-17-10-7-8-13-20(17)26)22(33)16-32(37(5,35)36)19-12-9-11-18(14-19)25(27,28)29/h7-14,21H,6,15-16H2,1-5H3,(H,30,34)/t21-/m1/s1. The minimum Gasteiger partial charge on any atom is -0.350 e. The van der Waals surface area contributed by atoms with Gasteiger partial charge in [-0.3, -0.25) is 13.9 Å². The van der Waals surface area contributed by atoms with Crippen molar-refractivity contribution < 1.29 is 31.2 Å². The van der Waals surface area contributed by atoms with Crippen molar-refractivity contribution in [2.75, 3.05) is 17.1 Å². The second kappa shape index (κ2) is 11.7. The van der Waals surface area contributed by atoms with E-state index in [1.54, 1.807) is 52.0 Å². The van der Waals surface area contributed by atoms with E-state index in [0.29, 0.717) is 21.0 Å². The van der Waals surface area contributed by atoms with E-state index in [1.165, 1.54) is 11.0 Å². The average molecular weight is 562 g/mol. The molecule has 2 rings (SSSR count). The summed E-state index contributed by atoms with van der Waals surface area (Å²) in [6.07, 6.45) is -3.72. The molecule has 37 heavy (non-hydrogen) atoms. The Kier molecular flexibility index (Phi) is 9.64. The summed E-state index contributed by atoms with van der Waals surface area (Å²) >= 11 is 6.29. The highest BCUT2D eigenvalue weighted by molar-refractivity contribution is 7.92. The number of rotatable bonds is 9. The van der Waals surface area contributed by atoms with Crippen molar-refractivity contribution in [3.63, 3.8) is 0 Å². The first-order valence-corrected chi connectivity index (χ1v) is 13.7. The molecule has 0 spiro atoms. The van der Waals surface area contributed by atoms with Gasteiger partial charge in [-0.2, -0.15) is 13.2 Å². The van der Waals surface area contributed by atoms with Gasteiger partial charge in [0.05, 0.1) is 17.5 Å². The van der Waals surface area contributed by atoms with Crippen LogP contribution in [0.1, 0.15) is 45.2 Å². The number of alkyl halides is 3. The summed E-state index contributed by atoms with van der Waals surface area (Å²) < 4.78 is 65.6. The van der Waals surface area contributed by atoms with Gasteiger partial charge in [0.25, 0.3) is 0 Å². The second-order valence-corrected chi connectivity index (χ2v) is 11.9. The Labute approximate surface area is 220 Å². The summed E-state index contributed by atoms with van der Waals surface area (Å²) in [7, 11) is -4.18. The fourth-order valence-corrected chi connectivity index (χ4v) is 4.67. The van der Waals surface area contributed by atoms with E-state index in [0.717, 1.165) is 18.4 Å². The Morgan fingerprint density at radius 3 is 2.19 bits per heavy atom. The van der Waals surface area contributed by atoms with Gasteiger partial charge in [-0.15, -0.1) is 0 Å². The highest BCUT2D eigenvalue weighted by Crippen LogP contribution is 2.32. The van der Waals surface area contributed by atoms with E-state index in [9.17, 15) is 31.2 Å². The Hall–Kier alpha value is -2.79. The van der Waals surface area contributed by atoms with Crippen LogP contribution in [0.5, 0.6) is 0 Å². The van der Waals surface area contributed by atoms with E-state index in [2.05, 4.69) is 5.32 Å². The molecule has 0 radical (unpaired) electrons. The maximum absolute atomic E-state index is 13.6. The van der Waals surface area contributed by atoms with Crippen molar-refractivity contribution in [1.29, 1.82) is 0 Å². The van der Waals surface area contributed by atoms with Gasteiger partial charge in [0.1, 0.15) is 12.6 Å². The maximum atomic E-state index is 13.6. The molecule has 0 heterocycles. The summed E-state index contributed by atoms with van der Waals surface area (Å²) in [5.41, 5.74) is -1.48. The molecule has 0 aromatic heterocycles. The van der Waals surface area contributed by atoms with Crippen LogP contribution in [0.2, 0.25) is 5.02 Å². The molecule has 2 amide bonds. The number of hydrogen-bond acceptors (Lipinski definition) is 4. The second-order valence-electron chi connectivity index (χ2n) is 9.59. The van der Waals surface area contributed by atoms with Crippen LogP contribution in [-0.2, 0) is 32.3 Å². The van der Waals surface area contributed by atoms with Crippen LogP contribution in [0.3, 0.4) is 0 Å². The van der Waals surface area contributed by atoms with Gasteiger partial charge in [-0.1, -0.05) is 42.8 Å². The van der Waals surface area contributed by atoms with Crippen LogP contribution >= 0.6 is 11.6 Å². The molecule has 2 aromatic rings. The molecule has 0 aliphatic carbocycles. The minimum atomic E-state index is -4.71. The van der Waals surface area contributed by atoms with Crippen LogP contribution in [0.25, 0.3) is 0 Å². The summed E-state index contributed by atoms with van der Waals surface area (Å²) in [5, 5.41) is 3.16. The van der Waals surface area contributed by atoms with Crippen molar-refractivity contribution in [2.24, 2.45) is 0 Å². The number of hydrogen-bond donors (Lipinski definition) is 1. The Balaban J connectivity index is 2.52. The third kappa shape index (κ3) is 8.63. The van der Waals surface area contributed by atoms with Crippen molar-refractivity contribution in [2.45, 2.75) is 58.4 Å². The topological polar surface area (TPSA) is 86.8 Å². The van der Waals surface area contributed by atoms with E-state index in [1.807, 2.05) is 0 Å². The number of halogens is 4. The molecule has 1 N–H and O–H groups in total. The fourth-order valence-electron chi connectivity index (χ4n) is 3.63. The van der Waals surface area contributed by atoms with Crippen molar-refractivity contribution in [3.8, 4) is 0 Å². The third-order valence-electron chi connectivity index (χ3n) is 5.32. The molecule has 0 saturated heterocycles. The van der Waals surface area contributed by atoms with Crippen molar-refractivity contribution in [3.05, 3.63) is 64.7 Å². The minimum absolute atomic E-state index is 0.116. The molecular weight excluding hydrogens is 531 g/mol. The smallest absolute Gasteiger partial charge is 0.350 e. The summed E-state index contributed by atoms with van der Waals surface area (Å²) in [6, 6.07) is 9.38. The maximum Gasteiger partial charge on any atom is 0.416 e. The number of carbonyl (C=O) groups excluding carboxylic acids is 2. The lowest BCUT2D eigenvalue weighted by atomic mass is 10.1. The zero-order chi connectivity index (χ0) is 28.2. The van der Waals surface area contributed by atoms with Crippen LogP contribution in [0.15, 0.2) is 48.5 Å². The van der Waals surface area contributed by atoms with Gasteiger partial charge in [0.2, 0.25) is 21.8 Å². The van der Waals surface area contributed by atoms with Gasteiger partial charge in [0, 0.05) is 17.1 Å². The zero-order valence-corrected chi connectivity index (χ0v) is 22.8. The Bertz CT molecular complexity index is 1230. The molecule has 204 valence electrons. The molecule has 0 aliphatic heterocycles. The molecule has 12 heteroatoms. The lowest BCUT2D eigenvalue weighted by Gasteiger charge is -2.34. The number of carbonyl (C=O) groups is 2. The van der Waals surface area contributed by atoms with Gasteiger partial charge in [-0.25, -0.2) is 8.42 Å². The SMILES string of the molecule is CC[C@H](C(=O)NC(C)(C)C)N(Cc1ccccc1Cl)C(=O)CN(c1cccc(C(F)(F)F)c1)S(C)(=O)=O. The monoisotopic (exact) mass is 561 g/mol. The van der Waals surface area contributed by atoms with Crippen LogP contribution in [0, 0.1) is 0 Å². The van der Waals surface area contributed by atoms with Gasteiger partial charge in [0.15, 0.2) is 0 Å².